The molecule has 5 heteroatoms. The lowest BCUT2D eigenvalue weighted by Crippen LogP contribution is -2.27. The first-order valence-corrected chi connectivity index (χ1v) is 12.8. The molecule has 0 saturated heterocycles. The summed E-state index contributed by atoms with van der Waals surface area (Å²) in [5.74, 6) is 0. The van der Waals surface area contributed by atoms with E-state index in [0.29, 0.717) is 33.0 Å². The van der Waals surface area contributed by atoms with Crippen molar-refractivity contribution in [3.8, 4) is 0 Å². The maximum Gasteiger partial charge on any atom is 0.0831 e. The van der Waals surface area contributed by atoms with E-state index >= 15 is 0 Å². The molecule has 0 saturated carbocycles. The summed E-state index contributed by atoms with van der Waals surface area (Å²) in [6, 6.07) is 0. The molecule has 0 heterocycles. The molecule has 0 spiro atoms. The predicted octanol–water partition coefficient (Wildman–Crippen LogP) is 5.65. The van der Waals surface area contributed by atoms with Gasteiger partial charge in [0.2, 0.25) is 0 Å². The van der Waals surface area contributed by atoms with Gasteiger partial charge in [0.15, 0.2) is 0 Å². The monoisotopic (exact) mass is 432 g/mol. The molecule has 2 atom stereocenters. The molecule has 0 aliphatic carbocycles. The second-order valence-electron chi connectivity index (χ2n) is 8.48. The molecule has 0 rings (SSSR count). The number of hydrogen-bond donors (Lipinski definition) is 2. The van der Waals surface area contributed by atoms with Crippen LogP contribution < -0.4 is 0 Å². The van der Waals surface area contributed by atoms with Crippen molar-refractivity contribution in [3.63, 3.8) is 0 Å². The number of aliphatic hydroxyl groups is 2. The van der Waals surface area contributed by atoms with Gasteiger partial charge in [-0.3, -0.25) is 0 Å². The van der Waals surface area contributed by atoms with Crippen LogP contribution in [0.15, 0.2) is 0 Å². The molecule has 0 aromatic rings. The van der Waals surface area contributed by atoms with E-state index in [4.69, 9.17) is 19.3 Å². The Labute approximate surface area is 186 Å². The van der Waals surface area contributed by atoms with E-state index in [1.165, 1.54) is 77.0 Å². The van der Waals surface area contributed by atoms with Crippen LogP contribution in [0.5, 0.6) is 0 Å². The zero-order valence-electron chi connectivity index (χ0n) is 20.1. The first-order valence-electron chi connectivity index (χ1n) is 12.8. The van der Waals surface area contributed by atoms with Gasteiger partial charge in [-0.15, -0.1) is 0 Å². The van der Waals surface area contributed by atoms with Crippen molar-refractivity contribution < 1.29 is 24.4 Å². The fourth-order valence-electron chi connectivity index (χ4n) is 3.61. The van der Waals surface area contributed by atoms with Gasteiger partial charge in [-0.25, -0.2) is 0 Å². The van der Waals surface area contributed by atoms with Crippen molar-refractivity contribution in [2.24, 2.45) is 0 Å². The van der Waals surface area contributed by atoms with Crippen molar-refractivity contribution in [1.29, 1.82) is 0 Å². The molecule has 0 aliphatic rings. The van der Waals surface area contributed by atoms with Crippen LogP contribution in [0, 0.1) is 0 Å². The molecule has 0 fully saturated rings. The van der Waals surface area contributed by atoms with Gasteiger partial charge in [0, 0.05) is 13.2 Å². The third-order valence-electron chi connectivity index (χ3n) is 5.50. The summed E-state index contributed by atoms with van der Waals surface area (Å²) in [4.78, 5) is 0. The first-order chi connectivity index (χ1) is 14.7. The van der Waals surface area contributed by atoms with Crippen LogP contribution in [0.3, 0.4) is 0 Å². The smallest absolute Gasteiger partial charge is 0.0831 e. The Kier molecular flexibility index (Phi) is 24.9. The Bertz CT molecular complexity index is 312. The van der Waals surface area contributed by atoms with Crippen LogP contribution in [-0.2, 0) is 14.2 Å². The molecule has 0 bridgehead atoms. The van der Waals surface area contributed by atoms with Gasteiger partial charge in [0.05, 0.1) is 38.6 Å². The summed E-state index contributed by atoms with van der Waals surface area (Å²) in [6.45, 7) is 6.81. The zero-order chi connectivity index (χ0) is 22.1. The van der Waals surface area contributed by atoms with E-state index < -0.39 is 6.10 Å². The average Bonchev–Trinajstić information content (AvgIpc) is 2.74. The molecule has 0 radical (unpaired) electrons. The fraction of sp³-hybridized carbons (Fsp3) is 1.00. The van der Waals surface area contributed by atoms with Gasteiger partial charge in [0.25, 0.3) is 0 Å². The minimum Gasteiger partial charge on any atom is -0.394 e. The number of rotatable bonds is 25. The van der Waals surface area contributed by atoms with Crippen LogP contribution in [0.25, 0.3) is 0 Å². The highest BCUT2D eigenvalue weighted by Crippen LogP contribution is 2.15. The van der Waals surface area contributed by atoms with Gasteiger partial charge in [-0.1, -0.05) is 90.4 Å². The molecule has 30 heavy (non-hydrogen) atoms. The molecular weight excluding hydrogens is 380 g/mol. The molecule has 5 nitrogen and oxygen atoms in total. The minimum atomic E-state index is -0.421. The topological polar surface area (TPSA) is 68.2 Å². The molecule has 2 unspecified atom stereocenters. The lowest BCUT2D eigenvalue weighted by molar-refractivity contribution is -0.0427. The summed E-state index contributed by atoms with van der Waals surface area (Å²) in [5, 5.41) is 18.5. The van der Waals surface area contributed by atoms with E-state index in [9.17, 15) is 5.11 Å². The largest absolute Gasteiger partial charge is 0.394 e. The lowest BCUT2D eigenvalue weighted by atomic mass is 10.0. The Morgan fingerprint density at radius 1 is 0.600 bits per heavy atom. The number of ether oxygens (including phenoxy) is 3. The van der Waals surface area contributed by atoms with Gasteiger partial charge in [-0.2, -0.15) is 0 Å². The molecular formula is C25H52O5. The van der Waals surface area contributed by atoms with Gasteiger partial charge >= 0.3 is 0 Å². The number of unbranched alkanes of at least 4 members (excludes halogenated alkanes) is 12. The third-order valence-corrected chi connectivity index (χ3v) is 5.50. The number of hydrogen-bond acceptors (Lipinski definition) is 5. The Hall–Kier alpha value is -0.200. The van der Waals surface area contributed by atoms with Crippen molar-refractivity contribution in [1.82, 2.24) is 0 Å². The van der Waals surface area contributed by atoms with Crippen LogP contribution in [0.1, 0.15) is 110 Å². The Morgan fingerprint density at radius 3 is 1.60 bits per heavy atom. The minimum absolute atomic E-state index is 0.0494. The van der Waals surface area contributed by atoms with E-state index in [1.54, 1.807) is 0 Å². The zero-order valence-corrected chi connectivity index (χ0v) is 20.1. The highest BCUT2D eigenvalue weighted by Gasteiger charge is 2.14. The quantitative estimate of drug-likeness (QED) is 0.182. The first kappa shape index (κ1) is 29.8. The Morgan fingerprint density at radius 2 is 1.10 bits per heavy atom. The van der Waals surface area contributed by atoms with E-state index in [1.807, 2.05) is 6.92 Å². The molecule has 0 aromatic heterocycles. The maximum atomic E-state index is 9.93. The SMILES string of the molecule is CCCCCCCCCCCCCCCC(OCCCOCCOCCO)C(C)O. The molecule has 0 aliphatic heterocycles. The molecule has 182 valence electrons. The summed E-state index contributed by atoms with van der Waals surface area (Å²) in [6.07, 6.45) is 18.9. The predicted molar refractivity (Wildman–Crippen MR) is 125 cm³/mol. The standard InChI is InChI=1S/C25H52O5/c1-3-4-5-6-7-8-9-10-11-12-13-14-15-17-25(24(2)27)30-20-16-19-28-22-23-29-21-18-26/h24-27H,3-23H2,1-2H3. The summed E-state index contributed by atoms with van der Waals surface area (Å²) in [5.41, 5.74) is 0. The summed E-state index contributed by atoms with van der Waals surface area (Å²) in [7, 11) is 0. The highest BCUT2D eigenvalue weighted by atomic mass is 16.5. The van der Waals surface area contributed by atoms with E-state index in [2.05, 4.69) is 6.92 Å². The fourth-order valence-corrected chi connectivity index (χ4v) is 3.61. The normalized spacial score (nSPS) is 13.6. The van der Waals surface area contributed by atoms with Crippen LogP contribution >= 0.6 is 0 Å². The third kappa shape index (κ3) is 22.5. The molecule has 0 aromatic carbocycles. The number of aliphatic hydroxyl groups excluding tert-OH is 2. The van der Waals surface area contributed by atoms with E-state index in [0.717, 1.165) is 19.3 Å². The molecule has 0 amide bonds. The maximum absolute atomic E-state index is 9.93. The van der Waals surface area contributed by atoms with Crippen LogP contribution in [-0.4, -0.2) is 62.1 Å². The summed E-state index contributed by atoms with van der Waals surface area (Å²) < 4.78 is 16.4. The van der Waals surface area contributed by atoms with Crippen molar-refractivity contribution >= 4 is 0 Å². The Balaban J connectivity index is 3.41. The summed E-state index contributed by atoms with van der Waals surface area (Å²) >= 11 is 0. The van der Waals surface area contributed by atoms with Crippen molar-refractivity contribution in [3.05, 3.63) is 0 Å². The second-order valence-corrected chi connectivity index (χ2v) is 8.48. The average molecular weight is 433 g/mol. The highest BCUT2D eigenvalue weighted by molar-refractivity contribution is 4.65. The molecule has 2 N–H and O–H groups in total. The lowest BCUT2D eigenvalue weighted by Gasteiger charge is -2.20. The van der Waals surface area contributed by atoms with Gasteiger partial charge < -0.3 is 24.4 Å². The van der Waals surface area contributed by atoms with Gasteiger partial charge in [0.1, 0.15) is 0 Å². The van der Waals surface area contributed by atoms with Crippen molar-refractivity contribution in [2.45, 2.75) is 122 Å². The van der Waals surface area contributed by atoms with Crippen LogP contribution in [0.2, 0.25) is 0 Å². The second kappa shape index (κ2) is 25.1. The van der Waals surface area contributed by atoms with Gasteiger partial charge in [-0.05, 0) is 19.8 Å². The van der Waals surface area contributed by atoms with Crippen LogP contribution in [0.4, 0.5) is 0 Å². The van der Waals surface area contributed by atoms with Crippen molar-refractivity contribution in [2.75, 3.05) is 39.6 Å². The van der Waals surface area contributed by atoms with E-state index in [-0.39, 0.29) is 12.7 Å².